The molecule has 3 nitrogen and oxygen atoms in total. The SMILES string of the molecule is CC1CC(NCCO)CN(C2CC2)C1. The molecule has 1 saturated heterocycles. The number of piperidine rings is 1. The smallest absolute Gasteiger partial charge is 0.0556 e. The van der Waals surface area contributed by atoms with E-state index in [2.05, 4.69) is 17.1 Å². The largest absolute Gasteiger partial charge is 0.395 e. The van der Waals surface area contributed by atoms with E-state index in [-0.39, 0.29) is 6.61 Å². The Morgan fingerprint density at radius 3 is 2.79 bits per heavy atom. The lowest BCUT2D eigenvalue weighted by atomic mass is 9.96. The van der Waals surface area contributed by atoms with Crippen molar-refractivity contribution in [3.63, 3.8) is 0 Å². The van der Waals surface area contributed by atoms with Crippen LogP contribution in [0.4, 0.5) is 0 Å². The number of aliphatic hydroxyl groups excluding tert-OH is 1. The number of likely N-dealkylation sites (tertiary alicyclic amines) is 1. The van der Waals surface area contributed by atoms with Crippen molar-refractivity contribution in [1.82, 2.24) is 10.2 Å². The van der Waals surface area contributed by atoms with Crippen LogP contribution >= 0.6 is 0 Å². The standard InChI is InChI=1S/C11H22N2O/c1-9-6-10(12-4-5-14)8-13(7-9)11-2-3-11/h9-12,14H,2-8H2,1H3. The van der Waals surface area contributed by atoms with Gasteiger partial charge in [0.15, 0.2) is 0 Å². The first-order valence-electron chi connectivity index (χ1n) is 5.88. The number of aliphatic hydroxyl groups is 1. The highest BCUT2D eigenvalue weighted by Crippen LogP contribution is 2.30. The summed E-state index contributed by atoms with van der Waals surface area (Å²) in [7, 11) is 0. The zero-order chi connectivity index (χ0) is 9.97. The number of rotatable bonds is 4. The molecule has 0 bridgehead atoms. The Kier molecular flexibility index (Phi) is 3.42. The second-order valence-corrected chi connectivity index (χ2v) is 4.90. The minimum absolute atomic E-state index is 0.258. The number of hydrogen-bond acceptors (Lipinski definition) is 3. The molecular formula is C11H22N2O. The highest BCUT2D eigenvalue weighted by molar-refractivity contribution is 4.91. The van der Waals surface area contributed by atoms with Gasteiger partial charge in [-0.05, 0) is 25.2 Å². The highest BCUT2D eigenvalue weighted by Gasteiger charge is 2.34. The van der Waals surface area contributed by atoms with E-state index >= 15 is 0 Å². The Hall–Kier alpha value is -0.120. The molecule has 82 valence electrons. The average Bonchev–Trinajstić information content (AvgIpc) is 2.97. The van der Waals surface area contributed by atoms with Crippen molar-refractivity contribution in [1.29, 1.82) is 0 Å². The summed E-state index contributed by atoms with van der Waals surface area (Å²) in [6.45, 7) is 5.81. The second kappa shape index (κ2) is 4.60. The van der Waals surface area contributed by atoms with Crippen LogP contribution in [0.15, 0.2) is 0 Å². The topological polar surface area (TPSA) is 35.5 Å². The van der Waals surface area contributed by atoms with Gasteiger partial charge in [-0.2, -0.15) is 0 Å². The van der Waals surface area contributed by atoms with Crippen LogP contribution in [0.1, 0.15) is 26.2 Å². The minimum atomic E-state index is 0.258. The molecule has 14 heavy (non-hydrogen) atoms. The van der Waals surface area contributed by atoms with Crippen LogP contribution in [0.2, 0.25) is 0 Å². The van der Waals surface area contributed by atoms with Gasteiger partial charge in [0.1, 0.15) is 0 Å². The molecule has 1 aliphatic heterocycles. The molecule has 2 N–H and O–H groups in total. The summed E-state index contributed by atoms with van der Waals surface area (Å²) in [5.41, 5.74) is 0. The maximum atomic E-state index is 8.77. The molecule has 2 rings (SSSR count). The fraction of sp³-hybridized carbons (Fsp3) is 1.00. The van der Waals surface area contributed by atoms with E-state index in [1.54, 1.807) is 0 Å². The van der Waals surface area contributed by atoms with Gasteiger partial charge in [-0.3, -0.25) is 4.90 Å². The van der Waals surface area contributed by atoms with Crippen LogP contribution in [-0.2, 0) is 0 Å². The second-order valence-electron chi connectivity index (χ2n) is 4.90. The molecule has 0 aromatic carbocycles. The molecule has 0 aromatic rings. The van der Waals surface area contributed by atoms with E-state index in [0.29, 0.717) is 6.04 Å². The normalized spacial score (nSPS) is 34.7. The molecule has 2 atom stereocenters. The van der Waals surface area contributed by atoms with Gasteiger partial charge in [-0.15, -0.1) is 0 Å². The van der Waals surface area contributed by atoms with Crippen LogP contribution in [0.3, 0.4) is 0 Å². The molecule has 1 heterocycles. The number of nitrogens with one attached hydrogen (secondary N) is 1. The van der Waals surface area contributed by atoms with Crippen molar-refractivity contribution >= 4 is 0 Å². The van der Waals surface area contributed by atoms with Gasteiger partial charge >= 0.3 is 0 Å². The quantitative estimate of drug-likeness (QED) is 0.688. The van der Waals surface area contributed by atoms with Crippen molar-refractivity contribution in [2.45, 2.75) is 38.3 Å². The maximum Gasteiger partial charge on any atom is 0.0556 e. The molecule has 2 aliphatic rings. The van der Waals surface area contributed by atoms with Crippen molar-refractivity contribution in [3.05, 3.63) is 0 Å². The van der Waals surface area contributed by atoms with Gasteiger partial charge in [0, 0.05) is 31.7 Å². The lowest BCUT2D eigenvalue weighted by Crippen LogP contribution is -2.49. The first kappa shape index (κ1) is 10.4. The maximum absolute atomic E-state index is 8.77. The van der Waals surface area contributed by atoms with E-state index in [4.69, 9.17) is 5.11 Å². The first-order valence-corrected chi connectivity index (χ1v) is 5.88. The molecule has 0 spiro atoms. The van der Waals surface area contributed by atoms with Gasteiger partial charge in [0.25, 0.3) is 0 Å². The average molecular weight is 198 g/mol. The van der Waals surface area contributed by atoms with E-state index in [9.17, 15) is 0 Å². The third-order valence-electron chi connectivity index (χ3n) is 3.30. The van der Waals surface area contributed by atoms with Gasteiger partial charge < -0.3 is 10.4 Å². The summed E-state index contributed by atoms with van der Waals surface area (Å²) in [5, 5.41) is 12.2. The van der Waals surface area contributed by atoms with Crippen LogP contribution in [-0.4, -0.2) is 48.3 Å². The Morgan fingerprint density at radius 1 is 1.36 bits per heavy atom. The predicted octanol–water partition coefficient (Wildman–Crippen LogP) is 0.441. The zero-order valence-corrected chi connectivity index (χ0v) is 9.08. The summed E-state index contributed by atoms with van der Waals surface area (Å²) in [6, 6.07) is 1.49. The van der Waals surface area contributed by atoms with E-state index in [1.807, 2.05) is 0 Å². The molecular weight excluding hydrogens is 176 g/mol. The monoisotopic (exact) mass is 198 g/mol. The zero-order valence-electron chi connectivity index (χ0n) is 9.08. The van der Waals surface area contributed by atoms with Gasteiger partial charge in [-0.25, -0.2) is 0 Å². The molecule has 3 heteroatoms. The van der Waals surface area contributed by atoms with Gasteiger partial charge in [0.2, 0.25) is 0 Å². The molecule has 1 aliphatic carbocycles. The van der Waals surface area contributed by atoms with Crippen LogP contribution < -0.4 is 5.32 Å². The highest BCUT2D eigenvalue weighted by atomic mass is 16.3. The molecule has 2 unspecified atom stereocenters. The van der Waals surface area contributed by atoms with Crippen LogP contribution in [0.25, 0.3) is 0 Å². The van der Waals surface area contributed by atoms with Crippen molar-refractivity contribution < 1.29 is 5.11 Å². The Bertz CT molecular complexity index is 182. The van der Waals surface area contributed by atoms with Crippen LogP contribution in [0.5, 0.6) is 0 Å². The summed E-state index contributed by atoms with van der Waals surface area (Å²) in [4.78, 5) is 2.63. The van der Waals surface area contributed by atoms with Crippen molar-refractivity contribution in [2.24, 2.45) is 5.92 Å². The van der Waals surface area contributed by atoms with E-state index < -0.39 is 0 Å². The van der Waals surface area contributed by atoms with Crippen LogP contribution in [0, 0.1) is 5.92 Å². The number of nitrogens with zero attached hydrogens (tertiary/aromatic N) is 1. The molecule has 0 aromatic heterocycles. The summed E-state index contributed by atoms with van der Waals surface area (Å²) in [6.07, 6.45) is 4.07. The van der Waals surface area contributed by atoms with Crippen molar-refractivity contribution in [3.8, 4) is 0 Å². The number of hydrogen-bond donors (Lipinski definition) is 2. The Morgan fingerprint density at radius 2 is 2.14 bits per heavy atom. The van der Waals surface area contributed by atoms with E-state index in [0.717, 1.165) is 18.5 Å². The Labute approximate surface area is 86.5 Å². The Balaban J connectivity index is 1.79. The minimum Gasteiger partial charge on any atom is -0.395 e. The lowest BCUT2D eigenvalue weighted by molar-refractivity contribution is 0.138. The summed E-state index contributed by atoms with van der Waals surface area (Å²) >= 11 is 0. The van der Waals surface area contributed by atoms with Gasteiger partial charge in [0.05, 0.1) is 6.61 Å². The fourth-order valence-corrected chi connectivity index (χ4v) is 2.55. The fourth-order valence-electron chi connectivity index (χ4n) is 2.55. The van der Waals surface area contributed by atoms with Crippen molar-refractivity contribution in [2.75, 3.05) is 26.2 Å². The third-order valence-corrected chi connectivity index (χ3v) is 3.30. The molecule has 0 amide bonds. The molecule has 2 fully saturated rings. The molecule has 1 saturated carbocycles. The molecule has 0 radical (unpaired) electrons. The predicted molar refractivity (Wildman–Crippen MR) is 57.3 cm³/mol. The van der Waals surface area contributed by atoms with Gasteiger partial charge in [-0.1, -0.05) is 6.92 Å². The first-order chi connectivity index (χ1) is 6.79. The lowest BCUT2D eigenvalue weighted by Gasteiger charge is -2.37. The third kappa shape index (κ3) is 2.69. The summed E-state index contributed by atoms with van der Waals surface area (Å²) in [5.74, 6) is 0.806. The van der Waals surface area contributed by atoms with E-state index in [1.165, 1.54) is 32.4 Å². The summed E-state index contributed by atoms with van der Waals surface area (Å²) < 4.78 is 0.